The molecule has 0 radical (unpaired) electrons. The third kappa shape index (κ3) is 2.19. The summed E-state index contributed by atoms with van der Waals surface area (Å²) in [5.41, 5.74) is 9.24. The average molecular weight is 245 g/mol. The number of anilines is 2. The van der Waals surface area contributed by atoms with Crippen LogP contribution in [0.2, 0.25) is 0 Å². The standard InChI is InChI=1S/C15H23N3/c1-11-5-6-12(16)10-14(11)17-13-7-9-18-8-3-2-4-15(13)18/h5-6,10,13,15,17H,2-4,7-9,16H2,1H3. The first-order valence-corrected chi connectivity index (χ1v) is 7.11. The molecule has 2 fully saturated rings. The summed E-state index contributed by atoms with van der Waals surface area (Å²) in [6.45, 7) is 4.69. The summed E-state index contributed by atoms with van der Waals surface area (Å²) in [6.07, 6.45) is 5.37. The summed E-state index contributed by atoms with van der Waals surface area (Å²) in [5, 5.41) is 3.73. The minimum atomic E-state index is 0.603. The van der Waals surface area contributed by atoms with Gasteiger partial charge in [-0.1, -0.05) is 12.5 Å². The van der Waals surface area contributed by atoms with E-state index >= 15 is 0 Å². The van der Waals surface area contributed by atoms with Gasteiger partial charge in [0.15, 0.2) is 0 Å². The van der Waals surface area contributed by atoms with Crippen molar-refractivity contribution in [2.45, 2.75) is 44.7 Å². The number of benzene rings is 1. The topological polar surface area (TPSA) is 41.3 Å². The van der Waals surface area contributed by atoms with Crippen LogP contribution >= 0.6 is 0 Å². The fourth-order valence-corrected chi connectivity index (χ4v) is 3.41. The zero-order chi connectivity index (χ0) is 12.5. The summed E-state index contributed by atoms with van der Waals surface area (Å²) < 4.78 is 0. The highest BCUT2D eigenvalue weighted by Crippen LogP contribution is 2.30. The van der Waals surface area contributed by atoms with Crippen LogP contribution in [0.4, 0.5) is 11.4 Å². The molecule has 2 unspecified atom stereocenters. The van der Waals surface area contributed by atoms with Crippen LogP contribution in [0.5, 0.6) is 0 Å². The minimum absolute atomic E-state index is 0.603. The quantitative estimate of drug-likeness (QED) is 0.787. The minimum Gasteiger partial charge on any atom is -0.399 e. The molecule has 3 nitrogen and oxygen atoms in total. The number of piperidine rings is 1. The average Bonchev–Trinajstić information content (AvgIpc) is 2.78. The van der Waals surface area contributed by atoms with Crippen molar-refractivity contribution in [1.82, 2.24) is 4.90 Å². The van der Waals surface area contributed by atoms with Crippen LogP contribution in [0.1, 0.15) is 31.2 Å². The highest BCUT2D eigenvalue weighted by atomic mass is 15.2. The van der Waals surface area contributed by atoms with Gasteiger partial charge in [0, 0.05) is 30.0 Å². The van der Waals surface area contributed by atoms with Gasteiger partial charge in [-0.2, -0.15) is 0 Å². The molecule has 2 atom stereocenters. The Hall–Kier alpha value is -1.22. The maximum Gasteiger partial charge on any atom is 0.0429 e. The maximum absolute atomic E-state index is 5.88. The first-order chi connectivity index (χ1) is 8.74. The van der Waals surface area contributed by atoms with E-state index < -0.39 is 0 Å². The molecule has 1 aromatic carbocycles. The second-order valence-electron chi connectivity index (χ2n) is 5.71. The molecule has 0 spiro atoms. The summed E-state index contributed by atoms with van der Waals surface area (Å²) in [7, 11) is 0. The fraction of sp³-hybridized carbons (Fsp3) is 0.600. The lowest BCUT2D eigenvalue weighted by Gasteiger charge is -2.33. The van der Waals surface area contributed by atoms with Gasteiger partial charge in [0.05, 0.1) is 0 Å². The van der Waals surface area contributed by atoms with Crippen molar-refractivity contribution in [3.8, 4) is 0 Å². The fourth-order valence-electron chi connectivity index (χ4n) is 3.41. The van der Waals surface area contributed by atoms with Crippen LogP contribution in [0, 0.1) is 6.92 Å². The van der Waals surface area contributed by atoms with E-state index in [9.17, 15) is 0 Å². The van der Waals surface area contributed by atoms with E-state index in [0.717, 1.165) is 11.7 Å². The van der Waals surface area contributed by atoms with Crippen molar-refractivity contribution in [1.29, 1.82) is 0 Å². The van der Waals surface area contributed by atoms with Crippen LogP contribution in [-0.2, 0) is 0 Å². The summed E-state index contributed by atoms with van der Waals surface area (Å²) in [6, 6.07) is 7.49. The van der Waals surface area contributed by atoms with Gasteiger partial charge in [0.2, 0.25) is 0 Å². The molecule has 2 aliphatic heterocycles. The molecular weight excluding hydrogens is 222 g/mol. The number of aryl methyl sites for hydroxylation is 1. The van der Waals surface area contributed by atoms with Gasteiger partial charge in [0.1, 0.15) is 0 Å². The zero-order valence-corrected chi connectivity index (χ0v) is 11.2. The van der Waals surface area contributed by atoms with E-state index in [2.05, 4.69) is 29.3 Å². The van der Waals surface area contributed by atoms with Crippen molar-refractivity contribution < 1.29 is 0 Å². The molecule has 18 heavy (non-hydrogen) atoms. The van der Waals surface area contributed by atoms with E-state index in [4.69, 9.17) is 5.73 Å². The Morgan fingerprint density at radius 3 is 3.00 bits per heavy atom. The van der Waals surface area contributed by atoms with Gasteiger partial charge in [-0.3, -0.25) is 4.90 Å². The Morgan fingerprint density at radius 1 is 1.22 bits per heavy atom. The molecule has 3 N–H and O–H groups in total. The molecule has 2 heterocycles. The zero-order valence-electron chi connectivity index (χ0n) is 11.2. The molecule has 0 amide bonds. The van der Waals surface area contributed by atoms with E-state index in [1.54, 1.807) is 0 Å². The largest absolute Gasteiger partial charge is 0.399 e. The Kier molecular flexibility index (Phi) is 3.16. The number of fused-ring (bicyclic) bond motifs is 1. The van der Waals surface area contributed by atoms with E-state index in [1.807, 2.05) is 6.07 Å². The molecule has 3 rings (SSSR count). The van der Waals surface area contributed by atoms with Gasteiger partial charge in [-0.25, -0.2) is 0 Å². The highest BCUT2D eigenvalue weighted by molar-refractivity contribution is 5.59. The Labute approximate surface area is 109 Å². The number of nitrogens with one attached hydrogen (secondary N) is 1. The van der Waals surface area contributed by atoms with Crippen LogP contribution in [0.25, 0.3) is 0 Å². The molecule has 98 valence electrons. The number of rotatable bonds is 2. The second kappa shape index (κ2) is 4.81. The lowest BCUT2D eigenvalue weighted by molar-refractivity contribution is 0.193. The molecule has 0 aliphatic carbocycles. The monoisotopic (exact) mass is 245 g/mol. The van der Waals surface area contributed by atoms with Crippen LogP contribution in [0.15, 0.2) is 18.2 Å². The summed E-state index contributed by atoms with van der Waals surface area (Å²) in [5.74, 6) is 0. The number of hydrogen-bond donors (Lipinski definition) is 2. The van der Waals surface area contributed by atoms with Crippen molar-refractivity contribution >= 4 is 11.4 Å². The normalized spacial score (nSPS) is 28.1. The molecule has 3 heteroatoms. The predicted octanol–water partition coefficient (Wildman–Crippen LogP) is 2.62. The first kappa shape index (κ1) is 11.8. The maximum atomic E-state index is 5.88. The molecule has 2 saturated heterocycles. The van der Waals surface area contributed by atoms with Gasteiger partial charge in [-0.05, 0) is 50.4 Å². The molecule has 0 saturated carbocycles. The number of nitrogens with two attached hydrogens (primary N) is 1. The van der Waals surface area contributed by atoms with E-state index in [1.165, 1.54) is 50.0 Å². The van der Waals surface area contributed by atoms with Crippen molar-refractivity contribution in [2.24, 2.45) is 0 Å². The van der Waals surface area contributed by atoms with E-state index in [0.29, 0.717) is 6.04 Å². The summed E-state index contributed by atoms with van der Waals surface area (Å²) >= 11 is 0. The van der Waals surface area contributed by atoms with E-state index in [-0.39, 0.29) is 0 Å². The molecule has 0 aromatic heterocycles. The Morgan fingerprint density at radius 2 is 2.11 bits per heavy atom. The first-order valence-electron chi connectivity index (χ1n) is 7.11. The highest BCUT2D eigenvalue weighted by Gasteiger charge is 2.35. The second-order valence-corrected chi connectivity index (χ2v) is 5.71. The van der Waals surface area contributed by atoms with Crippen molar-refractivity contribution in [2.75, 3.05) is 24.1 Å². The third-order valence-corrected chi connectivity index (χ3v) is 4.46. The number of nitrogen functional groups attached to an aromatic ring is 1. The van der Waals surface area contributed by atoms with Gasteiger partial charge in [-0.15, -0.1) is 0 Å². The molecular formula is C15H23N3. The van der Waals surface area contributed by atoms with Gasteiger partial charge < -0.3 is 11.1 Å². The van der Waals surface area contributed by atoms with Gasteiger partial charge >= 0.3 is 0 Å². The molecule has 2 aliphatic rings. The lowest BCUT2D eigenvalue weighted by atomic mass is 9.98. The molecule has 0 bridgehead atoms. The smallest absolute Gasteiger partial charge is 0.0429 e. The Balaban J connectivity index is 1.74. The molecule has 1 aromatic rings. The van der Waals surface area contributed by atoms with Crippen LogP contribution < -0.4 is 11.1 Å². The number of hydrogen-bond acceptors (Lipinski definition) is 3. The Bertz CT molecular complexity index is 430. The SMILES string of the molecule is Cc1ccc(N)cc1NC1CCN2CCCCC12. The van der Waals surface area contributed by atoms with Crippen LogP contribution in [0.3, 0.4) is 0 Å². The van der Waals surface area contributed by atoms with Gasteiger partial charge in [0.25, 0.3) is 0 Å². The number of nitrogens with zero attached hydrogens (tertiary/aromatic N) is 1. The predicted molar refractivity (Wildman–Crippen MR) is 76.8 cm³/mol. The van der Waals surface area contributed by atoms with Crippen molar-refractivity contribution in [3.63, 3.8) is 0 Å². The van der Waals surface area contributed by atoms with Crippen molar-refractivity contribution in [3.05, 3.63) is 23.8 Å². The van der Waals surface area contributed by atoms with Crippen LogP contribution in [-0.4, -0.2) is 30.1 Å². The summed E-state index contributed by atoms with van der Waals surface area (Å²) in [4.78, 5) is 2.66. The lowest BCUT2D eigenvalue weighted by Crippen LogP contribution is -2.41. The third-order valence-electron chi connectivity index (χ3n) is 4.46.